The SMILES string of the molecule is CCN(CCO)CC(=O)Nc1cc(C(=O)OC)cc(C(=O)OC)c1. The van der Waals surface area contributed by atoms with Gasteiger partial charge in [-0.2, -0.15) is 0 Å². The second kappa shape index (κ2) is 9.64. The van der Waals surface area contributed by atoms with Crippen molar-refractivity contribution in [2.45, 2.75) is 6.92 Å². The predicted octanol–water partition coefficient (Wildman–Crippen LogP) is 0.512. The number of aliphatic hydroxyl groups is 1. The van der Waals surface area contributed by atoms with Crippen molar-refractivity contribution in [3.63, 3.8) is 0 Å². The van der Waals surface area contributed by atoms with Crippen LogP contribution in [0.4, 0.5) is 5.69 Å². The summed E-state index contributed by atoms with van der Waals surface area (Å²) in [7, 11) is 2.44. The van der Waals surface area contributed by atoms with E-state index in [4.69, 9.17) is 5.11 Å². The van der Waals surface area contributed by atoms with E-state index in [0.29, 0.717) is 13.1 Å². The van der Waals surface area contributed by atoms with E-state index in [1.807, 2.05) is 6.92 Å². The summed E-state index contributed by atoms with van der Waals surface area (Å²) in [6.07, 6.45) is 0. The van der Waals surface area contributed by atoms with Crippen LogP contribution in [-0.2, 0) is 14.3 Å². The summed E-state index contributed by atoms with van der Waals surface area (Å²) in [5.74, 6) is -1.60. The Morgan fingerprint density at radius 1 is 1.08 bits per heavy atom. The zero-order valence-corrected chi connectivity index (χ0v) is 14.0. The highest BCUT2D eigenvalue weighted by atomic mass is 16.5. The summed E-state index contributed by atoms with van der Waals surface area (Å²) in [6.45, 7) is 2.87. The van der Waals surface area contributed by atoms with Crippen LogP contribution in [0, 0.1) is 0 Å². The molecule has 0 aliphatic heterocycles. The van der Waals surface area contributed by atoms with Crippen molar-refractivity contribution >= 4 is 23.5 Å². The molecule has 0 aromatic heterocycles. The van der Waals surface area contributed by atoms with Crippen molar-refractivity contribution in [2.24, 2.45) is 0 Å². The van der Waals surface area contributed by atoms with Crippen LogP contribution in [-0.4, -0.2) is 68.3 Å². The fourth-order valence-corrected chi connectivity index (χ4v) is 2.07. The number of methoxy groups -OCH3 is 2. The summed E-state index contributed by atoms with van der Waals surface area (Å²) in [5, 5.41) is 11.6. The maximum absolute atomic E-state index is 12.1. The third kappa shape index (κ3) is 5.64. The average Bonchev–Trinajstić information content (AvgIpc) is 2.59. The van der Waals surface area contributed by atoms with Crippen molar-refractivity contribution in [3.05, 3.63) is 29.3 Å². The summed E-state index contributed by atoms with van der Waals surface area (Å²) in [5.41, 5.74) is 0.528. The van der Waals surface area contributed by atoms with E-state index >= 15 is 0 Å². The first-order valence-electron chi connectivity index (χ1n) is 7.39. The molecular formula is C16H22N2O6. The number of ether oxygens (including phenoxy) is 2. The summed E-state index contributed by atoms with van der Waals surface area (Å²) in [6, 6.07) is 4.16. The molecule has 1 amide bonds. The van der Waals surface area contributed by atoms with Crippen LogP contribution in [0.15, 0.2) is 18.2 Å². The van der Waals surface area contributed by atoms with E-state index in [1.165, 1.54) is 32.4 Å². The number of carbonyl (C=O) groups is 3. The van der Waals surface area contributed by atoms with Crippen LogP contribution < -0.4 is 5.32 Å². The maximum Gasteiger partial charge on any atom is 0.337 e. The number of nitrogens with zero attached hydrogens (tertiary/aromatic N) is 1. The number of benzene rings is 1. The van der Waals surface area contributed by atoms with Gasteiger partial charge in [-0.15, -0.1) is 0 Å². The molecule has 8 heteroatoms. The van der Waals surface area contributed by atoms with Crippen LogP contribution in [0.5, 0.6) is 0 Å². The number of anilines is 1. The Morgan fingerprint density at radius 3 is 2.04 bits per heavy atom. The molecule has 0 heterocycles. The molecule has 1 aromatic rings. The Bertz CT molecular complexity index is 568. The normalized spacial score (nSPS) is 10.4. The second-order valence-electron chi connectivity index (χ2n) is 4.92. The third-order valence-electron chi connectivity index (χ3n) is 3.29. The molecule has 0 aliphatic carbocycles. The monoisotopic (exact) mass is 338 g/mol. The topological polar surface area (TPSA) is 105 Å². The van der Waals surface area contributed by atoms with Crippen LogP contribution in [0.25, 0.3) is 0 Å². The Balaban J connectivity index is 2.98. The second-order valence-corrected chi connectivity index (χ2v) is 4.92. The minimum absolute atomic E-state index is 0.0502. The van der Waals surface area contributed by atoms with Crippen molar-refractivity contribution in [2.75, 3.05) is 45.8 Å². The van der Waals surface area contributed by atoms with Gasteiger partial charge in [0.05, 0.1) is 38.5 Å². The van der Waals surface area contributed by atoms with Crippen molar-refractivity contribution in [1.29, 1.82) is 0 Å². The van der Waals surface area contributed by atoms with Gasteiger partial charge in [-0.25, -0.2) is 9.59 Å². The van der Waals surface area contributed by atoms with Gasteiger partial charge in [0, 0.05) is 12.2 Å². The molecule has 2 N–H and O–H groups in total. The number of hydrogen-bond acceptors (Lipinski definition) is 7. The number of esters is 2. The zero-order valence-electron chi connectivity index (χ0n) is 14.0. The van der Waals surface area contributed by atoms with Gasteiger partial charge < -0.3 is 19.9 Å². The van der Waals surface area contributed by atoms with Gasteiger partial charge in [0.1, 0.15) is 0 Å². The molecule has 0 unspecified atom stereocenters. The number of likely N-dealkylation sites (N-methyl/N-ethyl adjacent to an activating group) is 1. The van der Waals surface area contributed by atoms with Gasteiger partial charge in [-0.05, 0) is 24.7 Å². The maximum atomic E-state index is 12.1. The van der Waals surface area contributed by atoms with Crippen LogP contribution in [0.1, 0.15) is 27.6 Å². The molecule has 0 spiro atoms. The third-order valence-corrected chi connectivity index (χ3v) is 3.29. The lowest BCUT2D eigenvalue weighted by molar-refractivity contribution is -0.117. The number of amides is 1. The molecule has 132 valence electrons. The van der Waals surface area contributed by atoms with E-state index in [0.717, 1.165) is 0 Å². The number of carbonyl (C=O) groups excluding carboxylic acids is 3. The molecule has 0 radical (unpaired) electrons. The number of nitrogens with one attached hydrogen (secondary N) is 1. The zero-order chi connectivity index (χ0) is 18.1. The van der Waals surface area contributed by atoms with Gasteiger partial charge in [0.2, 0.25) is 5.91 Å². The van der Waals surface area contributed by atoms with E-state index < -0.39 is 11.9 Å². The molecule has 8 nitrogen and oxygen atoms in total. The summed E-state index contributed by atoms with van der Waals surface area (Å²) in [4.78, 5) is 37.2. The Kier molecular flexibility index (Phi) is 7.87. The molecule has 1 rings (SSSR count). The Hall–Kier alpha value is -2.45. The van der Waals surface area contributed by atoms with Crippen LogP contribution in [0.3, 0.4) is 0 Å². The van der Waals surface area contributed by atoms with E-state index in [2.05, 4.69) is 14.8 Å². The highest BCUT2D eigenvalue weighted by Gasteiger charge is 2.15. The van der Waals surface area contributed by atoms with E-state index in [9.17, 15) is 14.4 Å². The van der Waals surface area contributed by atoms with Gasteiger partial charge in [0.15, 0.2) is 0 Å². The molecule has 0 atom stereocenters. The lowest BCUT2D eigenvalue weighted by atomic mass is 10.1. The molecule has 0 fully saturated rings. The fraction of sp³-hybridized carbons (Fsp3) is 0.438. The molecule has 0 bridgehead atoms. The molecular weight excluding hydrogens is 316 g/mol. The first-order valence-corrected chi connectivity index (χ1v) is 7.39. The minimum atomic E-state index is -0.633. The first-order chi connectivity index (χ1) is 11.4. The Labute approximate surface area is 140 Å². The van der Waals surface area contributed by atoms with Crippen LogP contribution >= 0.6 is 0 Å². The molecule has 1 aromatic carbocycles. The smallest absolute Gasteiger partial charge is 0.337 e. The van der Waals surface area contributed by atoms with E-state index in [1.54, 1.807) is 4.90 Å². The molecule has 0 aliphatic rings. The number of aliphatic hydroxyl groups excluding tert-OH is 1. The van der Waals surface area contributed by atoms with Crippen molar-refractivity contribution in [1.82, 2.24) is 4.90 Å². The van der Waals surface area contributed by atoms with Gasteiger partial charge in [-0.3, -0.25) is 9.69 Å². The summed E-state index contributed by atoms with van der Waals surface area (Å²) >= 11 is 0. The molecule has 0 saturated carbocycles. The van der Waals surface area contributed by atoms with Crippen LogP contribution in [0.2, 0.25) is 0 Å². The quantitative estimate of drug-likeness (QED) is 0.665. The number of rotatable bonds is 8. The number of hydrogen-bond donors (Lipinski definition) is 2. The Morgan fingerprint density at radius 2 is 1.62 bits per heavy atom. The average molecular weight is 338 g/mol. The molecule has 0 saturated heterocycles. The highest BCUT2D eigenvalue weighted by molar-refractivity contribution is 5.99. The van der Waals surface area contributed by atoms with Crippen molar-refractivity contribution < 1.29 is 29.0 Å². The summed E-state index contributed by atoms with van der Waals surface area (Å²) < 4.78 is 9.28. The predicted molar refractivity (Wildman–Crippen MR) is 87.0 cm³/mol. The largest absolute Gasteiger partial charge is 0.465 e. The van der Waals surface area contributed by atoms with E-state index in [-0.39, 0.29) is 35.9 Å². The first kappa shape index (κ1) is 19.6. The van der Waals surface area contributed by atoms with Gasteiger partial charge >= 0.3 is 11.9 Å². The standard InChI is InChI=1S/C16H22N2O6/c1-4-18(5-6-19)10-14(20)17-13-8-11(15(21)23-2)7-12(9-13)16(22)24-3/h7-9,19H,4-6,10H2,1-3H3,(H,17,20). The van der Waals surface area contributed by atoms with Gasteiger partial charge in [0.25, 0.3) is 0 Å². The lowest BCUT2D eigenvalue weighted by Gasteiger charge is -2.18. The lowest BCUT2D eigenvalue weighted by Crippen LogP contribution is -2.35. The molecule has 24 heavy (non-hydrogen) atoms. The highest BCUT2D eigenvalue weighted by Crippen LogP contribution is 2.17. The minimum Gasteiger partial charge on any atom is -0.465 e. The van der Waals surface area contributed by atoms with Gasteiger partial charge in [-0.1, -0.05) is 6.92 Å². The van der Waals surface area contributed by atoms with Crippen molar-refractivity contribution in [3.8, 4) is 0 Å². The fourth-order valence-electron chi connectivity index (χ4n) is 2.07.